The van der Waals surface area contributed by atoms with E-state index in [2.05, 4.69) is 4.85 Å². The SMILES string of the molecule is [C-]#[N+]CCc1cccc(S(=O)(=O)C(F)(F)F)c1. The van der Waals surface area contributed by atoms with Crippen molar-refractivity contribution in [1.29, 1.82) is 0 Å². The highest BCUT2D eigenvalue weighted by Crippen LogP contribution is 2.30. The van der Waals surface area contributed by atoms with Gasteiger partial charge in [-0.1, -0.05) is 12.1 Å². The molecular weight excluding hydrogens is 255 g/mol. The van der Waals surface area contributed by atoms with E-state index in [9.17, 15) is 21.6 Å². The monoisotopic (exact) mass is 263 g/mol. The van der Waals surface area contributed by atoms with Crippen molar-refractivity contribution in [1.82, 2.24) is 0 Å². The Bertz CT molecular complexity index is 543. The molecule has 0 aliphatic carbocycles. The van der Waals surface area contributed by atoms with Crippen molar-refractivity contribution in [2.45, 2.75) is 16.8 Å². The predicted octanol–water partition coefficient (Wildman–Crippen LogP) is 2.44. The van der Waals surface area contributed by atoms with Crippen LogP contribution in [0, 0.1) is 6.57 Å². The second-order valence-corrected chi connectivity index (χ2v) is 5.17. The fraction of sp³-hybridized carbons (Fsp3) is 0.300. The van der Waals surface area contributed by atoms with Gasteiger partial charge in [-0.25, -0.2) is 15.0 Å². The van der Waals surface area contributed by atoms with Crippen molar-refractivity contribution in [2.75, 3.05) is 6.54 Å². The molecule has 0 saturated heterocycles. The number of nitrogens with zero attached hydrogens (tertiary/aromatic N) is 1. The van der Waals surface area contributed by atoms with Crippen LogP contribution in [0.5, 0.6) is 0 Å². The molecule has 1 rings (SSSR count). The number of halogens is 3. The number of hydrogen-bond donors (Lipinski definition) is 0. The lowest BCUT2D eigenvalue weighted by molar-refractivity contribution is -0.0436. The lowest BCUT2D eigenvalue weighted by Gasteiger charge is -2.08. The first-order valence-corrected chi connectivity index (χ1v) is 6.01. The second kappa shape index (κ2) is 4.75. The Morgan fingerprint density at radius 2 is 1.94 bits per heavy atom. The summed E-state index contributed by atoms with van der Waals surface area (Å²) < 4.78 is 59.0. The third-order valence-corrected chi connectivity index (χ3v) is 3.51. The minimum absolute atomic E-state index is 0.107. The number of benzene rings is 1. The average Bonchev–Trinajstić information content (AvgIpc) is 2.25. The van der Waals surface area contributed by atoms with E-state index in [1.165, 1.54) is 12.1 Å². The fourth-order valence-electron chi connectivity index (χ4n) is 1.19. The number of rotatable bonds is 3. The molecule has 0 aliphatic rings. The van der Waals surface area contributed by atoms with E-state index in [1.807, 2.05) is 0 Å². The summed E-state index contributed by atoms with van der Waals surface area (Å²) in [6, 6.07) is 4.57. The molecular formula is C10H8F3NO2S. The highest BCUT2D eigenvalue weighted by Gasteiger charge is 2.46. The van der Waals surface area contributed by atoms with Crippen molar-refractivity contribution in [3.8, 4) is 0 Å². The summed E-state index contributed by atoms with van der Waals surface area (Å²) in [6.07, 6.45) is 0.227. The summed E-state index contributed by atoms with van der Waals surface area (Å²) in [5.74, 6) is 0. The van der Waals surface area contributed by atoms with Crippen LogP contribution in [0.4, 0.5) is 13.2 Å². The summed E-state index contributed by atoms with van der Waals surface area (Å²) >= 11 is 0. The molecule has 0 saturated carbocycles. The average molecular weight is 263 g/mol. The molecule has 1 aromatic rings. The zero-order valence-corrected chi connectivity index (χ0v) is 9.35. The van der Waals surface area contributed by atoms with Crippen molar-refractivity contribution < 1.29 is 21.6 Å². The van der Waals surface area contributed by atoms with Crippen LogP contribution in [0.1, 0.15) is 5.56 Å². The molecule has 0 fully saturated rings. The maximum absolute atomic E-state index is 12.3. The molecule has 1 aromatic carbocycles. The molecule has 0 aromatic heterocycles. The summed E-state index contributed by atoms with van der Waals surface area (Å²) in [5.41, 5.74) is -4.91. The standard InChI is InChI=1S/C10H8F3NO2S/c1-14-6-5-8-3-2-4-9(7-8)17(15,16)10(11,12)13/h2-4,7H,5-6H2. The minimum atomic E-state index is -5.30. The summed E-state index contributed by atoms with van der Waals surface area (Å²) in [6.45, 7) is 6.66. The Kier molecular flexibility index (Phi) is 3.78. The molecule has 0 N–H and O–H groups in total. The third kappa shape index (κ3) is 2.97. The molecule has 0 heterocycles. The van der Waals surface area contributed by atoms with Crippen LogP contribution in [0.2, 0.25) is 0 Å². The highest BCUT2D eigenvalue weighted by molar-refractivity contribution is 7.92. The molecule has 0 bridgehead atoms. The van der Waals surface area contributed by atoms with E-state index in [-0.39, 0.29) is 13.0 Å². The maximum Gasteiger partial charge on any atom is 0.501 e. The van der Waals surface area contributed by atoms with Gasteiger partial charge in [0.15, 0.2) is 0 Å². The first-order valence-electron chi connectivity index (χ1n) is 4.52. The van der Waals surface area contributed by atoms with Gasteiger partial charge in [-0.2, -0.15) is 13.2 Å². The Balaban J connectivity index is 3.13. The Morgan fingerprint density at radius 3 is 2.47 bits per heavy atom. The molecule has 0 spiro atoms. The molecule has 0 amide bonds. The largest absolute Gasteiger partial charge is 0.501 e. The summed E-state index contributed by atoms with van der Waals surface area (Å²) in [4.78, 5) is 2.27. The van der Waals surface area contributed by atoms with Crippen molar-refractivity contribution in [2.24, 2.45) is 0 Å². The van der Waals surface area contributed by atoms with Crippen LogP contribution >= 0.6 is 0 Å². The van der Waals surface area contributed by atoms with Crippen LogP contribution < -0.4 is 0 Å². The molecule has 0 unspecified atom stereocenters. The first-order chi connectivity index (χ1) is 7.79. The van der Waals surface area contributed by atoms with Crippen LogP contribution in [0.3, 0.4) is 0 Å². The Morgan fingerprint density at radius 1 is 1.29 bits per heavy atom. The van der Waals surface area contributed by atoms with Crippen LogP contribution in [-0.2, 0) is 16.3 Å². The molecule has 92 valence electrons. The fourth-order valence-corrected chi connectivity index (χ4v) is 2.02. The molecule has 17 heavy (non-hydrogen) atoms. The van der Waals surface area contributed by atoms with Gasteiger partial charge in [-0.05, 0) is 17.7 Å². The lowest BCUT2D eigenvalue weighted by Crippen LogP contribution is -2.23. The summed E-state index contributed by atoms with van der Waals surface area (Å²) in [5, 5.41) is 0. The predicted molar refractivity (Wildman–Crippen MR) is 54.9 cm³/mol. The second-order valence-electron chi connectivity index (χ2n) is 3.23. The third-order valence-electron chi connectivity index (χ3n) is 2.03. The number of sulfone groups is 1. The zero-order valence-electron chi connectivity index (χ0n) is 8.53. The van der Waals surface area contributed by atoms with Gasteiger partial charge in [0.2, 0.25) is 6.54 Å². The van der Waals surface area contributed by atoms with Crippen LogP contribution in [0.15, 0.2) is 29.2 Å². The summed E-state index contributed by atoms with van der Waals surface area (Å²) in [7, 11) is -5.30. The van der Waals surface area contributed by atoms with Crippen LogP contribution in [-0.4, -0.2) is 20.5 Å². The van der Waals surface area contributed by atoms with Gasteiger partial charge in [0.05, 0.1) is 4.90 Å². The zero-order chi connectivity index (χ0) is 13.1. The Labute approximate surface area is 96.6 Å². The van der Waals surface area contributed by atoms with Gasteiger partial charge in [-0.15, -0.1) is 0 Å². The molecule has 3 nitrogen and oxygen atoms in total. The highest BCUT2D eigenvalue weighted by atomic mass is 32.2. The molecule has 0 aliphatic heterocycles. The van der Waals surface area contributed by atoms with E-state index in [0.717, 1.165) is 12.1 Å². The molecule has 0 atom stereocenters. The lowest BCUT2D eigenvalue weighted by atomic mass is 10.1. The van der Waals surface area contributed by atoms with E-state index >= 15 is 0 Å². The van der Waals surface area contributed by atoms with Gasteiger partial charge in [-0.3, -0.25) is 0 Å². The van der Waals surface area contributed by atoms with E-state index in [1.54, 1.807) is 0 Å². The molecule has 7 heteroatoms. The van der Waals surface area contributed by atoms with Gasteiger partial charge >= 0.3 is 5.51 Å². The molecule has 0 radical (unpaired) electrons. The van der Waals surface area contributed by atoms with E-state index < -0.39 is 20.2 Å². The normalized spacial score (nSPS) is 12.1. The van der Waals surface area contributed by atoms with Crippen molar-refractivity contribution in [3.63, 3.8) is 0 Å². The minimum Gasteiger partial charge on any atom is -0.317 e. The smallest absolute Gasteiger partial charge is 0.317 e. The van der Waals surface area contributed by atoms with Crippen LogP contribution in [0.25, 0.3) is 4.85 Å². The number of hydrogen-bond acceptors (Lipinski definition) is 2. The first kappa shape index (κ1) is 13.5. The van der Waals surface area contributed by atoms with E-state index in [4.69, 9.17) is 6.57 Å². The van der Waals surface area contributed by atoms with Gasteiger partial charge < -0.3 is 4.85 Å². The van der Waals surface area contributed by atoms with E-state index in [0.29, 0.717) is 5.56 Å². The van der Waals surface area contributed by atoms with Gasteiger partial charge in [0.25, 0.3) is 9.84 Å². The number of alkyl halides is 3. The van der Waals surface area contributed by atoms with Crippen molar-refractivity contribution in [3.05, 3.63) is 41.2 Å². The topological polar surface area (TPSA) is 38.5 Å². The Hall–Kier alpha value is -1.55. The quantitative estimate of drug-likeness (QED) is 0.786. The van der Waals surface area contributed by atoms with Gasteiger partial charge in [0, 0.05) is 6.42 Å². The maximum atomic E-state index is 12.3. The van der Waals surface area contributed by atoms with Gasteiger partial charge in [0.1, 0.15) is 0 Å². The van der Waals surface area contributed by atoms with Crippen molar-refractivity contribution >= 4 is 9.84 Å².